The third-order valence-corrected chi connectivity index (χ3v) is 2.88. The van der Waals surface area contributed by atoms with Gasteiger partial charge in [0.25, 0.3) is 0 Å². The van der Waals surface area contributed by atoms with E-state index >= 15 is 0 Å². The molecule has 1 aliphatic heterocycles. The van der Waals surface area contributed by atoms with Crippen molar-refractivity contribution in [3.8, 4) is 0 Å². The lowest BCUT2D eigenvalue weighted by molar-refractivity contribution is -0.141. The van der Waals surface area contributed by atoms with E-state index in [4.69, 9.17) is 5.11 Å². The molecule has 1 N–H and O–H groups in total. The molecule has 1 heterocycles. The van der Waals surface area contributed by atoms with Gasteiger partial charge in [-0.3, -0.25) is 4.90 Å². The molecule has 1 saturated carbocycles. The number of hydrogen-bond donors (Lipinski definition) is 1. The highest BCUT2D eigenvalue weighted by Crippen LogP contribution is 2.38. The van der Waals surface area contributed by atoms with Crippen molar-refractivity contribution >= 4 is 6.29 Å². The van der Waals surface area contributed by atoms with E-state index in [0.717, 1.165) is 19.4 Å². The second kappa shape index (κ2) is 2.29. The third kappa shape index (κ3) is 0.914. The largest absolute Gasteiger partial charge is 0.393 e. The number of aliphatic hydroxyl groups is 1. The van der Waals surface area contributed by atoms with Crippen molar-refractivity contribution in [1.29, 1.82) is 0 Å². The molecule has 0 aromatic carbocycles. The van der Waals surface area contributed by atoms with Crippen LogP contribution in [0.2, 0.25) is 0 Å². The molecule has 2 fully saturated rings. The average molecular weight is 155 g/mol. The monoisotopic (exact) mass is 155 g/mol. The Balaban J connectivity index is 2.00. The number of nitrogens with zero attached hydrogens (tertiary/aromatic N) is 1. The molecule has 1 saturated heterocycles. The maximum Gasteiger partial charge on any atom is 0.140 e. The molecule has 0 radical (unpaired) electrons. The van der Waals surface area contributed by atoms with Gasteiger partial charge in [-0.1, -0.05) is 0 Å². The summed E-state index contributed by atoms with van der Waals surface area (Å²) in [5, 5.41) is 9.10. The van der Waals surface area contributed by atoms with Gasteiger partial charge in [-0.2, -0.15) is 0 Å². The normalized spacial score (nSPS) is 44.3. The number of aliphatic hydroxyl groups excluding tert-OH is 1. The van der Waals surface area contributed by atoms with Crippen molar-refractivity contribution in [3.63, 3.8) is 0 Å². The molecule has 0 bridgehead atoms. The highest BCUT2D eigenvalue weighted by atomic mass is 16.3. The fraction of sp³-hybridized carbons (Fsp3) is 0.875. The summed E-state index contributed by atoms with van der Waals surface area (Å²) in [5.74, 6) is 0. The predicted molar refractivity (Wildman–Crippen MR) is 40.2 cm³/mol. The maximum atomic E-state index is 10.7. The van der Waals surface area contributed by atoms with Gasteiger partial charge in [-0.25, -0.2) is 0 Å². The van der Waals surface area contributed by atoms with Crippen LogP contribution in [0.15, 0.2) is 0 Å². The summed E-state index contributed by atoms with van der Waals surface area (Å²) in [5.41, 5.74) is -0.266. The van der Waals surface area contributed by atoms with Gasteiger partial charge in [-0.05, 0) is 19.3 Å². The molecule has 2 aliphatic rings. The van der Waals surface area contributed by atoms with Crippen LogP contribution in [0.25, 0.3) is 0 Å². The van der Waals surface area contributed by atoms with E-state index in [1.165, 1.54) is 6.42 Å². The molecule has 0 aromatic rings. The molecular formula is C8H13NO2. The third-order valence-electron chi connectivity index (χ3n) is 2.88. The van der Waals surface area contributed by atoms with E-state index in [9.17, 15) is 4.79 Å². The lowest BCUT2D eigenvalue weighted by Crippen LogP contribution is -2.64. The molecule has 0 atom stereocenters. The van der Waals surface area contributed by atoms with Gasteiger partial charge in [0.2, 0.25) is 0 Å². The van der Waals surface area contributed by atoms with E-state index in [0.29, 0.717) is 12.8 Å². The number of aldehydes is 1. The summed E-state index contributed by atoms with van der Waals surface area (Å²) < 4.78 is 0. The Morgan fingerprint density at radius 2 is 2.09 bits per heavy atom. The van der Waals surface area contributed by atoms with Gasteiger partial charge in [-0.15, -0.1) is 0 Å². The zero-order chi connectivity index (χ0) is 7.90. The summed E-state index contributed by atoms with van der Waals surface area (Å²) in [4.78, 5) is 12.9. The summed E-state index contributed by atoms with van der Waals surface area (Å²) in [6, 6.07) is 0. The molecule has 0 amide bonds. The first kappa shape index (κ1) is 7.25. The lowest BCUT2D eigenvalue weighted by atomic mass is 9.73. The molecular weight excluding hydrogens is 142 g/mol. The fourth-order valence-corrected chi connectivity index (χ4v) is 1.95. The van der Waals surface area contributed by atoms with Gasteiger partial charge >= 0.3 is 0 Å². The topological polar surface area (TPSA) is 40.5 Å². The van der Waals surface area contributed by atoms with Crippen molar-refractivity contribution in [2.75, 3.05) is 13.1 Å². The smallest absolute Gasteiger partial charge is 0.140 e. The highest BCUT2D eigenvalue weighted by molar-refractivity contribution is 5.66. The average Bonchev–Trinajstić information content (AvgIpc) is 1.79. The Kier molecular flexibility index (Phi) is 1.51. The minimum absolute atomic E-state index is 0.235. The van der Waals surface area contributed by atoms with E-state index in [1.807, 2.05) is 0 Å². The number of rotatable bonds is 2. The summed E-state index contributed by atoms with van der Waals surface area (Å²) in [7, 11) is 0. The van der Waals surface area contributed by atoms with Crippen molar-refractivity contribution in [1.82, 2.24) is 4.90 Å². The molecule has 1 aliphatic carbocycles. The molecule has 0 spiro atoms. The maximum absolute atomic E-state index is 10.7. The first-order chi connectivity index (χ1) is 5.27. The minimum atomic E-state index is -0.266. The van der Waals surface area contributed by atoms with Crippen molar-refractivity contribution in [2.45, 2.75) is 30.9 Å². The Bertz CT molecular complexity index is 171. The second-order valence-corrected chi connectivity index (χ2v) is 3.62. The first-order valence-electron chi connectivity index (χ1n) is 4.16. The molecule has 0 aromatic heterocycles. The van der Waals surface area contributed by atoms with Crippen molar-refractivity contribution in [2.24, 2.45) is 0 Å². The van der Waals surface area contributed by atoms with Crippen LogP contribution in [0.4, 0.5) is 0 Å². The van der Waals surface area contributed by atoms with Gasteiger partial charge < -0.3 is 9.90 Å². The molecule has 3 heteroatoms. The second-order valence-electron chi connectivity index (χ2n) is 3.62. The van der Waals surface area contributed by atoms with Crippen molar-refractivity contribution < 1.29 is 9.90 Å². The van der Waals surface area contributed by atoms with Gasteiger partial charge in [0.05, 0.1) is 11.6 Å². The van der Waals surface area contributed by atoms with E-state index < -0.39 is 0 Å². The van der Waals surface area contributed by atoms with Gasteiger partial charge in [0, 0.05) is 13.1 Å². The minimum Gasteiger partial charge on any atom is -0.393 e. The van der Waals surface area contributed by atoms with Crippen LogP contribution in [0, 0.1) is 0 Å². The Labute approximate surface area is 66.0 Å². The lowest BCUT2D eigenvalue weighted by Gasteiger charge is -2.52. The summed E-state index contributed by atoms with van der Waals surface area (Å²) in [6.45, 7) is 2.07. The van der Waals surface area contributed by atoms with E-state index in [-0.39, 0.29) is 11.6 Å². The zero-order valence-corrected chi connectivity index (χ0v) is 6.49. The van der Waals surface area contributed by atoms with Crippen LogP contribution in [0.3, 0.4) is 0 Å². The van der Waals surface area contributed by atoms with E-state index in [2.05, 4.69) is 4.90 Å². The number of carbonyl (C=O) groups is 1. The Hall–Kier alpha value is -0.410. The molecule has 62 valence electrons. The molecule has 0 unspecified atom stereocenters. The number of carbonyl (C=O) groups excluding carboxylic acids is 1. The van der Waals surface area contributed by atoms with Crippen LogP contribution in [0.5, 0.6) is 0 Å². The highest BCUT2D eigenvalue weighted by Gasteiger charge is 2.49. The van der Waals surface area contributed by atoms with Crippen LogP contribution in [0.1, 0.15) is 19.3 Å². The molecule has 2 rings (SSSR count). The first-order valence-corrected chi connectivity index (χ1v) is 4.16. The standard InChI is InChI=1S/C8H13NO2/c10-6-8(4-7(11)5-8)9-2-1-3-9/h6-7,11H,1-5H2. The van der Waals surface area contributed by atoms with Crippen LogP contribution in [-0.4, -0.2) is 41.0 Å². The molecule has 11 heavy (non-hydrogen) atoms. The predicted octanol–water partition coefficient (Wildman–Crippen LogP) is -0.216. The quantitative estimate of drug-likeness (QED) is 0.561. The Morgan fingerprint density at radius 1 is 1.45 bits per heavy atom. The van der Waals surface area contributed by atoms with Crippen LogP contribution < -0.4 is 0 Å². The SMILES string of the molecule is O=CC1(N2CCC2)CC(O)C1. The fourth-order valence-electron chi connectivity index (χ4n) is 1.95. The zero-order valence-electron chi connectivity index (χ0n) is 6.49. The van der Waals surface area contributed by atoms with Crippen LogP contribution in [-0.2, 0) is 4.79 Å². The van der Waals surface area contributed by atoms with Crippen LogP contribution >= 0.6 is 0 Å². The van der Waals surface area contributed by atoms with Gasteiger partial charge in [0.15, 0.2) is 0 Å². The van der Waals surface area contributed by atoms with E-state index in [1.54, 1.807) is 0 Å². The number of likely N-dealkylation sites (tertiary alicyclic amines) is 1. The summed E-state index contributed by atoms with van der Waals surface area (Å²) >= 11 is 0. The summed E-state index contributed by atoms with van der Waals surface area (Å²) in [6.07, 6.45) is 3.28. The Morgan fingerprint density at radius 3 is 2.36 bits per heavy atom. The number of hydrogen-bond acceptors (Lipinski definition) is 3. The molecule has 3 nitrogen and oxygen atoms in total. The van der Waals surface area contributed by atoms with Crippen molar-refractivity contribution in [3.05, 3.63) is 0 Å². The van der Waals surface area contributed by atoms with Gasteiger partial charge in [0.1, 0.15) is 6.29 Å².